The molecule has 12 heteroatoms. The molecule has 1 aliphatic heterocycles. The number of piperidine rings is 1. The largest absolute Gasteiger partial charge is 0.476 e. The molecule has 0 bridgehead atoms. The predicted molar refractivity (Wildman–Crippen MR) is 128 cm³/mol. The second kappa shape index (κ2) is 11.0. The van der Waals surface area contributed by atoms with Gasteiger partial charge in [-0.25, -0.2) is 19.3 Å². The number of aromatic nitrogens is 3. The second-order valence-electron chi connectivity index (χ2n) is 8.53. The van der Waals surface area contributed by atoms with Gasteiger partial charge in [0.05, 0.1) is 11.7 Å². The highest BCUT2D eigenvalue weighted by Gasteiger charge is 2.33. The highest BCUT2D eigenvalue weighted by atomic mass is 19.4. The lowest BCUT2D eigenvalue weighted by atomic mass is 9.89. The van der Waals surface area contributed by atoms with Crippen LogP contribution in [0.4, 0.5) is 23.5 Å². The Kier molecular flexibility index (Phi) is 7.77. The van der Waals surface area contributed by atoms with E-state index in [0.717, 1.165) is 6.07 Å². The van der Waals surface area contributed by atoms with Crippen molar-refractivity contribution in [2.24, 2.45) is 5.73 Å². The van der Waals surface area contributed by atoms with Gasteiger partial charge in [0.25, 0.3) is 0 Å². The van der Waals surface area contributed by atoms with E-state index < -0.39 is 23.7 Å². The van der Waals surface area contributed by atoms with E-state index in [1.807, 2.05) is 4.90 Å². The Morgan fingerprint density at radius 1 is 1.11 bits per heavy atom. The van der Waals surface area contributed by atoms with Crippen LogP contribution in [-0.4, -0.2) is 39.5 Å². The zero-order chi connectivity index (χ0) is 26.6. The molecule has 3 heterocycles. The lowest BCUT2D eigenvalue weighted by Gasteiger charge is -2.34. The molecule has 196 valence electrons. The highest BCUT2D eigenvalue weighted by molar-refractivity contribution is 5.31. The van der Waals surface area contributed by atoms with Crippen LogP contribution in [0.5, 0.6) is 11.6 Å². The van der Waals surface area contributed by atoms with Crippen LogP contribution in [0.15, 0.2) is 61.1 Å². The minimum Gasteiger partial charge on any atom is -0.476 e. The van der Waals surface area contributed by atoms with Crippen molar-refractivity contribution >= 4 is 5.95 Å². The topological polar surface area (TPSA) is 112 Å². The Hall–Kier alpha value is -3.93. The third-order valence-electron chi connectivity index (χ3n) is 5.99. The fourth-order valence-corrected chi connectivity index (χ4v) is 4.07. The van der Waals surface area contributed by atoms with Crippen molar-refractivity contribution in [3.8, 4) is 11.6 Å². The summed E-state index contributed by atoms with van der Waals surface area (Å²) in [7, 11) is 0. The van der Waals surface area contributed by atoms with E-state index in [1.165, 1.54) is 30.5 Å². The van der Waals surface area contributed by atoms with E-state index in [0.29, 0.717) is 43.1 Å². The number of halogens is 4. The number of likely N-dealkylation sites (tertiary alicyclic amines) is 1. The number of alkyl halides is 3. The molecule has 4 rings (SSSR count). The number of nitrogens with zero attached hydrogens (tertiary/aromatic N) is 4. The van der Waals surface area contributed by atoms with Crippen molar-refractivity contribution in [1.82, 2.24) is 19.9 Å². The summed E-state index contributed by atoms with van der Waals surface area (Å²) in [4.78, 5) is 13.9. The number of hydrogen-bond donors (Lipinski definition) is 2. The van der Waals surface area contributed by atoms with Crippen molar-refractivity contribution in [2.45, 2.75) is 31.0 Å². The molecule has 1 unspecified atom stereocenters. The summed E-state index contributed by atoms with van der Waals surface area (Å²) in [5.41, 5.74) is 12.4. The molecule has 37 heavy (non-hydrogen) atoms. The summed E-state index contributed by atoms with van der Waals surface area (Å²) >= 11 is 0. The third kappa shape index (κ3) is 6.45. The Morgan fingerprint density at radius 2 is 1.84 bits per heavy atom. The van der Waals surface area contributed by atoms with E-state index >= 15 is 0 Å². The van der Waals surface area contributed by atoms with Gasteiger partial charge in [0, 0.05) is 36.8 Å². The number of para-hydroxylation sites is 1. The average molecular weight is 519 g/mol. The quantitative estimate of drug-likeness (QED) is 0.333. The van der Waals surface area contributed by atoms with Crippen LogP contribution >= 0.6 is 0 Å². The molecule has 0 radical (unpaired) electrons. The Bertz CT molecular complexity index is 1250. The summed E-state index contributed by atoms with van der Waals surface area (Å²) in [6, 6.07) is 8.77. The molecule has 2 aromatic heterocycles. The highest BCUT2D eigenvalue weighted by Crippen LogP contribution is 2.33. The lowest BCUT2D eigenvalue weighted by Crippen LogP contribution is -2.35. The predicted octanol–water partition coefficient (Wildman–Crippen LogP) is 4.42. The zero-order valence-electron chi connectivity index (χ0n) is 19.8. The number of nitrogens with two attached hydrogens (primary N) is 2. The smallest absolute Gasteiger partial charge is 0.433 e. The summed E-state index contributed by atoms with van der Waals surface area (Å²) in [5, 5.41) is 0. The van der Waals surface area contributed by atoms with Gasteiger partial charge in [0.1, 0.15) is 12.3 Å². The molecule has 0 saturated carbocycles. The molecule has 0 spiro atoms. The lowest BCUT2D eigenvalue weighted by molar-refractivity contribution is -0.141. The summed E-state index contributed by atoms with van der Waals surface area (Å²) in [6.45, 7) is 4.93. The number of benzene rings is 1. The molecular weight excluding hydrogens is 492 g/mol. The van der Waals surface area contributed by atoms with Gasteiger partial charge in [-0.3, -0.25) is 0 Å². The first-order chi connectivity index (χ1) is 17.6. The van der Waals surface area contributed by atoms with Crippen LogP contribution in [0.25, 0.3) is 0 Å². The minimum atomic E-state index is -4.58. The van der Waals surface area contributed by atoms with Crippen molar-refractivity contribution < 1.29 is 27.0 Å². The van der Waals surface area contributed by atoms with Crippen molar-refractivity contribution in [3.05, 3.63) is 83.9 Å². The fraction of sp³-hybridized carbons (Fsp3) is 0.320. The second-order valence-corrected chi connectivity index (χ2v) is 8.53. The minimum absolute atomic E-state index is 0.0180. The number of pyridine rings is 1. The van der Waals surface area contributed by atoms with Crippen LogP contribution in [0.3, 0.4) is 0 Å². The number of nitrogen functional groups attached to an aromatic ring is 1. The van der Waals surface area contributed by atoms with E-state index in [4.69, 9.17) is 20.9 Å². The van der Waals surface area contributed by atoms with Gasteiger partial charge in [0.2, 0.25) is 11.8 Å². The molecule has 1 aromatic carbocycles. The molecule has 1 saturated heterocycles. The Balaban J connectivity index is 1.40. The van der Waals surface area contributed by atoms with E-state index in [9.17, 15) is 17.6 Å². The summed E-state index contributed by atoms with van der Waals surface area (Å²) in [5.74, 6) is -0.163. The fourth-order valence-electron chi connectivity index (χ4n) is 4.07. The molecule has 4 N–H and O–H groups in total. The first-order valence-electron chi connectivity index (χ1n) is 11.5. The molecular formula is C25H26F4N6O2. The number of rotatable bonds is 8. The van der Waals surface area contributed by atoms with Gasteiger partial charge in [-0.15, -0.1) is 0 Å². The van der Waals surface area contributed by atoms with Crippen LogP contribution < -0.4 is 20.9 Å². The van der Waals surface area contributed by atoms with Gasteiger partial charge in [-0.05, 0) is 37.6 Å². The molecule has 1 aliphatic rings. The molecule has 1 atom stereocenters. The van der Waals surface area contributed by atoms with Gasteiger partial charge in [-0.2, -0.15) is 13.2 Å². The van der Waals surface area contributed by atoms with Gasteiger partial charge in [0.15, 0.2) is 17.4 Å². The van der Waals surface area contributed by atoms with Crippen LogP contribution in [-0.2, 0) is 6.18 Å². The average Bonchev–Trinajstić information content (AvgIpc) is 2.88. The first kappa shape index (κ1) is 26.1. The SMILES string of the molecule is C=C(Oc1ccccc1F)N1CCC(c2nc(N)ncc2C(N)COc2cccc(C(F)(F)F)n2)CC1. The monoisotopic (exact) mass is 518 g/mol. The van der Waals surface area contributed by atoms with Gasteiger partial charge < -0.3 is 25.8 Å². The Labute approximate surface area is 210 Å². The normalized spacial score (nSPS) is 15.3. The maximum Gasteiger partial charge on any atom is 0.433 e. The van der Waals surface area contributed by atoms with Crippen molar-refractivity contribution in [1.29, 1.82) is 0 Å². The Morgan fingerprint density at radius 3 is 2.54 bits per heavy atom. The van der Waals surface area contributed by atoms with Gasteiger partial charge >= 0.3 is 6.18 Å². The molecule has 1 fully saturated rings. The number of anilines is 1. The summed E-state index contributed by atoms with van der Waals surface area (Å²) < 4.78 is 63.8. The number of ether oxygens (including phenoxy) is 2. The van der Waals surface area contributed by atoms with Crippen LogP contribution in [0, 0.1) is 5.82 Å². The first-order valence-corrected chi connectivity index (χ1v) is 11.5. The number of hydrogen-bond acceptors (Lipinski definition) is 8. The van der Waals surface area contributed by atoms with Crippen molar-refractivity contribution in [3.63, 3.8) is 0 Å². The zero-order valence-corrected chi connectivity index (χ0v) is 19.8. The van der Waals surface area contributed by atoms with E-state index in [-0.39, 0.29) is 30.1 Å². The standard InChI is InChI=1S/C25H26F4N6O2/c1-15(37-20-6-3-2-5-18(20)26)35-11-9-16(10-12-35)23-17(13-32-24(31)34-23)19(30)14-36-22-8-4-7-21(33-22)25(27,28)29/h2-8,13,16,19H,1,9-12,14,30H2,(H2,31,32,34). The van der Waals surface area contributed by atoms with E-state index in [2.05, 4.69) is 21.5 Å². The molecule has 0 aliphatic carbocycles. The summed E-state index contributed by atoms with van der Waals surface area (Å²) in [6.07, 6.45) is -1.75. The van der Waals surface area contributed by atoms with E-state index in [1.54, 1.807) is 12.1 Å². The van der Waals surface area contributed by atoms with Gasteiger partial charge in [-0.1, -0.05) is 18.2 Å². The molecule has 3 aromatic rings. The van der Waals surface area contributed by atoms with Crippen LogP contribution in [0.2, 0.25) is 0 Å². The van der Waals surface area contributed by atoms with Crippen molar-refractivity contribution in [2.75, 3.05) is 25.4 Å². The third-order valence-corrected chi connectivity index (χ3v) is 5.99. The maximum absolute atomic E-state index is 13.9. The van der Waals surface area contributed by atoms with Crippen LogP contribution in [0.1, 0.15) is 41.8 Å². The maximum atomic E-state index is 13.9. The molecule has 8 nitrogen and oxygen atoms in total. The molecule has 0 amide bonds.